The topological polar surface area (TPSA) is 86.5 Å². The first kappa shape index (κ1) is 18.7. The Morgan fingerprint density at radius 3 is 2.80 bits per heavy atom. The van der Waals surface area contributed by atoms with E-state index in [-0.39, 0.29) is 5.91 Å². The maximum absolute atomic E-state index is 12.8. The van der Waals surface area contributed by atoms with Crippen molar-refractivity contribution in [3.63, 3.8) is 0 Å². The first-order valence-electron chi connectivity index (χ1n) is 9.24. The van der Waals surface area contributed by atoms with Crippen LogP contribution in [0.25, 0.3) is 34.6 Å². The number of allylic oxidation sites excluding steroid dienone is 1. The molecular weight excluding hydrogens is 421 g/mol. The monoisotopic (exact) mass is 435 g/mol. The molecule has 5 rings (SSSR count). The molecule has 1 amide bonds. The number of hydrogen-bond donors (Lipinski definition) is 3. The Kier molecular flexibility index (Phi) is 4.65. The molecule has 0 atom stereocenters. The third kappa shape index (κ3) is 3.40. The molecule has 2 heterocycles. The zero-order chi connectivity index (χ0) is 20.7. The van der Waals surface area contributed by atoms with Gasteiger partial charge >= 0.3 is 0 Å². The number of carbonyl (C=O) groups excluding carboxylic acids is 1. The van der Waals surface area contributed by atoms with E-state index < -0.39 is 0 Å². The molecule has 0 saturated heterocycles. The number of imidazole rings is 1. The number of fused-ring (bicyclic) bond motifs is 2. The van der Waals surface area contributed by atoms with Gasteiger partial charge in [0.15, 0.2) is 0 Å². The van der Waals surface area contributed by atoms with Crippen molar-refractivity contribution in [2.24, 2.45) is 0 Å². The Morgan fingerprint density at radius 1 is 1.13 bits per heavy atom. The van der Waals surface area contributed by atoms with Crippen LogP contribution in [0, 0.1) is 0 Å². The van der Waals surface area contributed by atoms with E-state index in [2.05, 4.69) is 25.5 Å². The van der Waals surface area contributed by atoms with Crippen LogP contribution in [0.1, 0.15) is 28.0 Å². The van der Waals surface area contributed by atoms with Crippen molar-refractivity contribution < 1.29 is 4.79 Å². The van der Waals surface area contributed by atoms with Crippen LogP contribution in [-0.4, -0.2) is 26.1 Å². The van der Waals surface area contributed by atoms with Gasteiger partial charge in [0.25, 0.3) is 5.91 Å². The number of nitrogens with zero attached hydrogens (tertiary/aromatic N) is 2. The van der Waals surface area contributed by atoms with Crippen LogP contribution in [-0.2, 0) is 0 Å². The third-order valence-corrected chi connectivity index (χ3v) is 5.50. The highest BCUT2D eigenvalue weighted by Crippen LogP contribution is 2.34. The van der Waals surface area contributed by atoms with E-state index in [0.717, 1.165) is 28.0 Å². The van der Waals surface area contributed by atoms with Crippen molar-refractivity contribution >= 4 is 52.3 Å². The zero-order valence-electron chi connectivity index (χ0n) is 15.5. The summed E-state index contributed by atoms with van der Waals surface area (Å²) in [5.41, 5.74) is 5.24. The van der Waals surface area contributed by atoms with Gasteiger partial charge in [-0.15, -0.1) is 0 Å². The Balaban J connectivity index is 1.44. The fraction of sp³-hybridized carbons (Fsp3) is 0.0455. The summed E-state index contributed by atoms with van der Waals surface area (Å²) in [7, 11) is 0. The van der Waals surface area contributed by atoms with Crippen molar-refractivity contribution in [2.45, 2.75) is 6.42 Å². The highest BCUT2D eigenvalue weighted by atomic mass is 35.5. The van der Waals surface area contributed by atoms with Crippen LogP contribution in [0.5, 0.6) is 0 Å². The summed E-state index contributed by atoms with van der Waals surface area (Å²) in [6.45, 7) is 0. The lowest BCUT2D eigenvalue weighted by Crippen LogP contribution is -2.22. The van der Waals surface area contributed by atoms with Gasteiger partial charge in [-0.1, -0.05) is 35.3 Å². The highest BCUT2D eigenvalue weighted by Gasteiger charge is 2.15. The molecule has 0 spiro atoms. The van der Waals surface area contributed by atoms with E-state index in [0.29, 0.717) is 33.4 Å². The van der Waals surface area contributed by atoms with Crippen LogP contribution in [0.15, 0.2) is 54.4 Å². The quantitative estimate of drug-likeness (QED) is 0.399. The van der Waals surface area contributed by atoms with E-state index in [1.807, 2.05) is 18.2 Å². The second-order valence-electron chi connectivity index (χ2n) is 6.88. The summed E-state index contributed by atoms with van der Waals surface area (Å²) >= 11 is 12.6. The molecule has 0 bridgehead atoms. The Bertz CT molecular complexity index is 1330. The van der Waals surface area contributed by atoms with Gasteiger partial charge in [0, 0.05) is 23.2 Å². The number of amides is 1. The highest BCUT2D eigenvalue weighted by molar-refractivity contribution is 6.39. The molecule has 0 fully saturated rings. The van der Waals surface area contributed by atoms with Gasteiger partial charge in [-0.2, -0.15) is 5.10 Å². The molecule has 1 aliphatic carbocycles. The van der Waals surface area contributed by atoms with Gasteiger partial charge in [-0.05, 0) is 42.5 Å². The van der Waals surface area contributed by atoms with Crippen LogP contribution < -0.4 is 5.32 Å². The number of H-pyrrole nitrogens is 2. The van der Waals surface area contributed by atoms with Gasteiger partial charge in [-0.25, -0.2) is 4.98 Å². The molecule has 3 N–H and O–H groups in total. The molecule has 0 radical (unpaired) electrons. The van der Waals surface area contributed by atoms with E-state index in [1.54, 1.807) is 42.6 Å². The minimum absolute atomic E-state index is 0.199. The van der Waals surface area contributed by atoms with Gasteiger partial charge < -0.3 is 10.3 Å². The number of rotatable bonds is 3. The molecule has 1 aliphatic rings. The zero-order valence-corrected chi connectivity index (χ0v) is 17.1. The molecule has 148 valence electrons. The summed E-state index contributed by atoms with van der Waals surface area (Å²) in [6.07, 6.45) is 8.21. The fourth-order valence-electron chi connectivity index (χ4n) is 3.40. The molecule has 6 nitrogen and oxygen atoms in total. The van der Waals surface area contributed by atoms with Gasteiger partial charge in [0.05, 0.1) is 38.5 Å². The van der Waals surface area contributed by atoms with E-state index in [4.69, 9.17) is 23.2 Å². The molecule has 8 heteroatoms. The van der Waals surface area contributed by atoms with E-state index in [1.165, 1.54) is 0 Å². The maximum Gasteiger partial charge on any atom is 0.255 e. The Labute approximate surface area is 181 Å². The maximum atomic E-state index is 12.8. The second kappa shape index (κ2) is 7.48. The van der Waals surface area contributed by atoms with Crippen LogP contribution in [0.4, 0.5) is 0 Å². The molecule has 0 unspecified atom stereocenters. The van der Waals surface area contributed by atoms with Gasteiger partial charge in [0.2, 0.25) is 0 Å². The summed E-state index contributed by atoms with van der Waals surface area (Å²) in [5.74, 6) is 0.359. The number of aromatic nitrogens is 4. The number of hydrogen-bond acceptors (Lipinski definition) is 3. The average molecular weight is 436 g/mol. The lowest BCUT2D eigenvalue weighted by Gasteiger charge is -2.07. The predicted molar refractivity (Wildman–Crippen MR) is 119 cm³/mol. The number of carbonyl (C=O) groups is 1. The summed E-state index contributed by atoms with van der Waals surface area (Å²) in [4.78, 5) is 20.6. The number of aromatic amines is 2. The van der Waals surface area contributed by atoms with E-state index in [9.17, 15) is 4.79 Å². The summed E-state index contributed by atoms with van der Waals surface area (Å²) in [6, 6.07) is 10.6. The average Bonchev–Trinajstić information content (AvgIpc) is 3.29. The molecule has 0 aliphatic heterocycles. The number of benzene rings is 2. The van der Waals surface area contributed by atoms with E-state index >= 15 is 0 Å². The first-order valence-corrected chi connectivity index (χ1v) is 10.00. The Morgan fingerprint density at radius 2 is 1.97 bits per heavy atom. The molecule has 2 aromatic heterocycles. The lowest BCUT2D eigenvalue weighted by atomic mass is 10.1. The molecular formula is C22H15Cl2N5O. The smallest absolute Gasteiger partial charge is 0.255 e. The normalized spacial score (nSPS) is 13.1. The van der Waals surface area contributed by atoms with Crippen molar-refractivity contribution in [1.29, 1.82) is 0 Å². The second-order valence-corrected chi connectivity index (χ2v) is 7.70. The molecule has 2 aromatic carbocycles. The molecule has 4 aromatic rings. The SMILES string of the molecule is O=C(NC1=Cc2cn[nH]c2C=CC1)c1ccc2nc(-c3c(Cl)cccc3Cl)[nH]c2c1. The predicted octanol–water partition coefficient (Wildman–Crippen LogP) is 5.45. The van der Waals surface area contributed by atoms with Gasteiger partial charge in [-0.3, -0.25) is 9.89 Å². The Hall–Kier alpha value is -3.35. The minimum Gasteiger partial charge on any atom is -0.338 e. The minimum atomic E-state index is -0.199. The van der Waals surface area contributed by atoms with Gasteiger partial charge in [0.1, 0.15) is 5.82 Å². The standard InChI is InChI=1S/C22H15Cl2N5O/c23-15-4-2-5-16(24)20(15)21-27-18-8-7-12(10-19(18)28-21)22(30)26-14-3-1-6-17-13(9-14)11-25-29-17/h1-2,4-11H,3H2,(H,25,29)(H,26,30)(H,27,28). The van der Waals surface area contributed by atoms with Crippen LogP contribution in [0.2, 0.25) is 10.0 Å². The summed E-state index contributed by atoms with van der Waals surface area (Å²) < 4.78 is 0. The van der Waals surface area contributed by atoms with Crippen LogP contribution >= 0.6 is 23.2 Å². The third-order valence-electron chi connectivity index (χ3n) is 4.87. The van der Waals surface area contributed by atoms with Crippen molar-refractivity contribution in [2.75, 3.05) is 0 Å². The number of nitrogens with one attached hydrogen (secondary N) is 3. The molecule has 30 heavy (non-hydrogen) atoms. The van der Waals surface area contributed by atoms with Crippen molar-refractivity contribution in [1.82, 2.24) is 25.5 Å². The van der Waals surface area contributed by atoms with Crippen LogP contribution in [0.3, 0.4) is 0 Å². The van der Waals surface area contributed by atoms with Crippen molar-refractivity contribution in [3.05, 3.63) is 81.2 Å². The fourth-order valence-corrected chi connectivity index (χ4v) is 3.98. The summed E-state index contributed by atoms with van der Waals surface area (Å²) in [5, 5.41) is 10.9. The lowest BCUT2D eigenvalue weighted by molar-refractivity contribution is 0.0965. The number of halogens is 2. The van der Waals surface area contributed by atoms with Crippen molar-refractivity contribution in [3.8, 4) is 11.4 Å². The first-order chi connectivity index (χ1) is 14.6. The molecule has 0 saturated carbocycles. The largest absolute Gasteiger partial charge is 0.338 e.